The van der Waals surface area contributed by atoms with E-state index in [0.717, 1.165) is 24.9 Å². The molecule has 114 valence electrons. The van der Waals surface area contributed by atoms with Crippen LogP contribution in [0.4, 0.5) is 0 Å². The minimum absolute atomic E-state index is 0.0343. The number of rotatable bonds is 3. The fourth-order valence-corrected chi connectivity index (χ4v) is 3.01. The molecule has 21 heavy (non-hydrogen) atoms. The van der Waals surface area contributed by atoms with E-state index >= 15 is 0 Å². The summed E-state index contributed by atoms with van der Waals surface area (Å²) in [6, 6.07) is 10.2. The lowest BCUT2D eigenvalue weighted by atomic mass is 9.82. The van der Waals surface area contributed by atoms with Crippen LogP contribution in [0.1, 0.15) is 18.4 Å². The molecule has 1 atom stereocenters. The van der Waals surface area contributed by atoms with Crippen LogP contribution in [0.2, 0.25) is 0 Å². The van der Waals surface area contributed by atoms with Gasteiger partial charge in [0.1, 0.15) is 6.10 Å². The summed E-state index contributed by atoms with van der Waals surface area (Å²) in [7, 11) is 0. The van der Waals surface area contributed by atoms with Crippen molar-refractivity contribution in [3.8, 4) is 0 Å². The van der Waals surface area contributed by atoms with E-state index < -0.39 is 6.10 Å². The highest BCUT2D eigenvalue weighted by Crippen LogP contribution is 2.32. The maximum Gasteiger partial charge on any atom is 0.251 e. The molecule has 0 radical (unpaired) electrons. The Labute approximate surface area is 125 Å². The van der Waals surface area contributed by atoms with Crippen molar-refractivity contribution in [3.63, 3.8) is 0 Å². The van der Waals surface area contributed by atoms with Crippen molar-refractivity contribution in [2.75, 3.05) is 32.9 Å². The molecule has 0 aliphatic carbocycles. The van der Waals surface area contributed by atoms with E-state index in [-0.39, 0.29) is 11.4 Å². The zero-order chi connectivity index (χ0) is 14.5. The second-order valence-corrected chi connectivity index (χ2v) is 5.61. The van der Waals surface area contributed by atoms with E-state index in [4.69, 9.17) is 9.47 Å². The van der Waals surface area contributed by atoms with Gasteiger partial charge in [0.15, 0.2) is 0 Å². The first-order valence-electron chi connectivity index (χ1n) is 7.58. The van der Waals surface area contributed by atoms with Gasteiger partial charge in [0.25, 0.3) is 5.91 Å². The first kappa shape index (κ1) is 14.5. The van der Waals surface area contributed by atoms with Crippen molar-refractivity contribution in [1.82, 2.24) is 10.6 Å². The minimum Gasteiger partial charge on any atom is -0.381 e. The summed E-state index contributed by atoms with van der Waals surface area (Å²) in [6.45, 7) is 3.30. The Bertz CT molecular complexity index is 466. The van der Waals surface area contributed by atoms with Crippen LogP contribution in [0, 0.1) is 0 Å². The van der Waals surface area contributed by atoms with Crippen LogP contribution < -0.4 is 10.6 Å². The molecule has 1 amide bonds. The van der Waals surface area contributed by atoms with Gasteiger partial charge in [-0.15, -0.1) is 0 Å². The third-order valence-electron chi connectivity index (χ3n) is 4.26. The average Bonchev–Trinajstić information content (AvgIpc) is 2.57. The molecule has 1 aromatic rings. The van der Waals surface area contributed by atoms with Gasteiger partial charge >= 0.3 is 0 Å². The van der Waals surface area contributed by atoms with Crippen LogP contribution in [0.25, 0.3) is 0 Å². The monoisotopic (exact) mass is 290 g/mol. The smallest absolute Gasteiger partial charge is 0.251 e. The second kappa shape index (κ2) is 6.56. The van der Waals surface area contributed by atoms with E-state index in [1.54, 1.807) is 0 Å². The molecule has 5 heteroatoms. The van der Waals surface area contributed by atoms with Gasteiger partial charge in [-0.25, -0.2) is 0 Å². The molecule has 0 saturated carbocycles. The SMILES string of the molecule is O=C(NC1(c2ccccc2)CCOCC1)[C@@H]1CNCCO1. The van der Waals surface area contributed by atoms with Gasteiger partial charge in [0.05, 0.1) is 12.1 Å². The molecule has 2 saturated heterocycles. The number of ether oxygens (including phenoxy) is 2. The normalized spacial score (nSPS) is 25.2. The topological polar surface area (TPSA) is 59.6 Å². The van der Waals surface area contributed by atoms with Crippen molar-refractivity contribution in [2.45, 2.75) is 24.5 Å². The van der Waals surface area contributed by atoms with Gasteiger partial charge in [-0.05, 0) is 18.4 Å². The van der Waals surface area contributed by atoms with Crippen LogP contribution in [0.5, 0.6) is 0 Å². The van der Waals surface area contributed by atoms with Crippen LogP contribution in [-0.2, 0) is 19.8 Å². The Hall–Kier alpha value is -1.43. The second-order valence-electron chi connectivity index (χ2n) is 5.61. The molecule has 1 aromatic carbocycles. The lowest BCUT2D eigenvalue weighted by molar-refractivity contribution is -0.137. The molecule has 2 aliphatic rings. The molecule has 2 aliphatic heterocycles. The summed E-state index contributed by atoms with van der Waals surface area (Å²) < 4.78 is 11.0. The number of benzene rings is 1. The molecular weight excluding hydrogens is 268 g/mol. The molecule has 2 N–H and O–H groups in total. The first-order valence-corrected chi connectivity index (χ1v) is 7.58. The molecule has 0 spiro atoms. The number of morpholine rings is 1. The quantitative estimate of drug-likeness (QED) is 0.864. The van der Waals surface area contributed by atoms with Gasteiger partial charge in [-0.1, -0.05) is 30.3 Å². The van der Waals surface area contributed by atoms with Crippen LogP contribution in [-0.4, -0.2) is 44.9 Å². The number of nitrogens with one attached hydrogen (secondary N) is 2. The van der Waals surface area contributed by atoms with Gasteiger partial charge < -0.3 is 20.1 Å². The lowest BCUT2D eigenvalue weighted by Crippen LogP contribution is -2.56. The maximum atomic E-state index is 12.5. The number of hydrogen-bond acceptors (Lipinski definition) is 4. The summed E-state index contributed by atoms with van der Waals surface area (Å²) >= 11 is 0. The van der Waals surface area contributed by atoms with E-state index in [9.17, 15) is 4.79 Å². The van der Waals surface area contributed by atoms with Gasteiger partial charge in [-0.2, -0.15) is 0 Å². The summed E-state index contributed by atoms with van der Waals surface area (Å²) in [4.78, 5) is 12.5. The Balaban J connectivity index is 1.77. The van der Waals surface area contributed by atoms with Crippen molar-refractivity contribution >= 4 is 5.91 Å². The van der Waals surface area contributed by atoms with Gasteiger partial charge in [0, 0.05) is 26.3 Å². The molecule has 0 unspecified atom stereocenters. The largest absolute Gasteiger partial charge is 0.381 e. The highest BCUT2D eigenvalue weighted by Gasteiger charge is 2.37. The highest BCUT2D eigenvalue weighted by atomic mass is 16.5. The van der Waals surface area contributed by atoms with Crippen LogP contribution in [0.3, 0.4) is 0 Å². The van der Waals surface area contributed by atoms with Crippen molar-refractivity contribution in [1.29, 1.82) is 0 Å². The third kappa shape index (κ3) is 3.26. The minimum atomic E-state index is -0.401. The fraction of sp³-hybridized carbons (Fsp3) is 0.562. The zero-order valence-corrected chi connectivity index (χ0v) is 12.1. The lowest BCUT2D eigenvalue weighted by Gasteiger charge is -2.39. The molecule has 5 nitrogen and oxygen atoms in total. The third-order valence-corrected chi connectivity index (χ3v) is 4.26. The molecule has 2 heterocycles. The van der Waals surface area contributed by atoms with E-state index in [2.05, 4.69) is 22.8 Å². The molecule has 0 aromatic heterocycles. The molecule has 2 fully saturated rings. The van der Waals surface area contributed by atoms with Crippen molar-refractivity contribution in [2.24, 2.45) is 0 Å². The Morgan fingerprint density at radius 1 is 1.19 bits per heavy atom. The Morgan fingerprint density at radius 2 is 1.95 bits per heavy atom. The fourth-order valence-electron chi connectivity index (χ4n) is 3.01. The van der Waals surface area contributed by atoms with Crippen LogP contribution in [0.15, 0.2) is 30.3 Å². The van der Waals surface area contributed by atoms with Gasteiger partial charge in [0.2, 0.25) is 0 Å². The molecule has 0 bridgehead atoms. The van der Waals surface area contributed by atoms with E-state index in [1.165, 1.54) is 0 Å². The summed E-state index contributed by atoms with van der Waals surface area (Å²) in [5.41, 5.74) is 0.808. The summed E-state index contributed by atoms with van der Waals surface area (Å²) in [5.74, 6) is -0.0343. The molecular formula is C16H22N2O3. The van der Waals surface area contributed by atoms with Crippen molar-refractivity contribution in [3.05, 3.63) is 35.9 Å². The van der Waals surface area contributed by atoms with E-state index in [0.29, 0.717) is 26.4 Å². The van der Waals surface area contributed by atoms with Crippen LogP contribution >= 0.6 is 0 Å². The number of hydrogen-bond donors (Lipinski definition) is 2. The van der Waals surface area contributed by atoms with Gasteiger partial charge in [-0.3, -0.25) is 4.79 Å². The standard InChI is InChI=1S/C16H22N2O3/c19-15(14-12-17-8-11-21-14)18-16(6-9-20-10-7-16)13-4-2-1-3-5-13/h1-5,14,17H,6-12H2,(H,18,19)/t14-/m0/s1. The molecule has 3 rings (SSSR count). The number of carbonyl (C=O) groups is 1. The first-order chi connectivity index (χ1) is 10.3. The van der Waals surface area contributed by atoms with Crippen molar-refractivity contribution < 1.29 is 14.3 Å². The number of amides is 1. The van der Waals surface area contributed by atoms with E-state index in [1.807, 2.05) is 18.2 Å². The summed E-state index contributed by atoms with van der Waals surface area (Å²) in [6.07, 6.45) is 1.19. The predicted octanol–water partition coefficient (Wildman–Crippen LogP) is 0.797. The average molecular weight is 290 g/mol. The summed E-state index contributed by atoms with van der Waals surface area (Å²) in [5, 5.41) is 6.43. The number of carbonyl (C=O) groups excluding carboxylic acids is 1. The Morgan fingerprint density at radius 3 is 2.62 bits per heavy atom. The maximum absolute atomic E-state index is 12.5. The predicted molar refractivity (Wildman–Crippen MR) is 78.9 cm³/mol. The zero-order valence-electron chi connectivity index (χ0n) is 12.1. The highest BCUT2D eigenvalue weighted by molar-refractivity contribution is 5.82. The Kier molecular flexibility index (Phi) is 4.53.